The molecule has 1 aromatic rings. The molecule has 2 nitrogen and oxygen atoms in total. The van der Waals surface area contributed by atoms with E-state index in [1.165, 1.54) is 0 Å². The zero-order valence-electron chi connectivity index (χ0n) is 7.11. The van der Waals surface area contributed by atoms with E-state index in [2.05, 4.69) is 15.9 Å². The van der Waals surface area contributed by atoms with Crippen molar-refractivity contribution in [2.24, 2.45) is 0 Å². The fraction of sp³-hybridized carbons (Fsp3) is 0.200. The van der Waals surface area contributed by atoms with Gasteiger partial charge in [0, 0.05) is 4.47 Å². The Labute approximate surface area is 86.0 Å². The summed E-state index contributed by atoms with van der Waals surface area (Å²) in [5, 5.41) is 8.46. The predicted molar refractivity (Wildman–Crippen MR) is 55.9 cm³/mol. The molecule has 13 heavy (non-hydrogen) atoms. The van der Waals surface area contributed by atoms with E-state index in [4.69, 9.17) is 9.84 Å². The maximum atomic E-state index is 8.46. The van der Waals surface area contributed by atoms with Gasteiger partial charge in [-0.3, -0.25) is 0 Å². The molecule has 0 saturated carbocycles. The van der Waals surface area contributed by atoms with Crippen LogP contribution in [0.15, 0.2) is 40.9 Å². The number of ether oxygens (including phenoxy) is 1. The Kier molecular flexibility index (Phi) is 4.57. The summed E-state index contributed by atoms with van der Waals surface area (Å²) in [5.74, 6) is 0.817. The van der Waals surface area contributed by atoms with Crippen LogP contribution in [-0.2, 0) is 0 Å². The first kappa shape index (κ1) is 10.3. The molecule has 0 heterocycles. The summed E-state index contributed by atoms with van der Waals surface area (Å²) in [6.45, 7) is 0.541. The van der Waals surface area contributed by atoms with E-state index < -0.39 is 0 Å². The number of hydrogen-bond donors (Lipinski definition) is 1. The molecule has 70 valence electrons. The molecule has 0 aliphatic rings. The van der Waals surface area contributed by atoms with Gasteiger partial charge in [0.1, 0.15) is 12.4 Å². The number of rotatable bonds is 4. The zero-order valence-corrected chi connectivity index (χ0v) is 8.70. The molecule has 1 rings (SSSR count). The topological polar surface area (TPSA) is 29.5 Å². The Morgan fingerprint density at radius 3 is 2.92 bits per heavy atom. The molecule has 0 spiro atoms. The SMILES string of the molecule is OC/C=C/COc1cccc(Br)c1. The Morgan fingerprint density at radius 2 is 2.23 bits per heavy atom. The third-order valence-corrected chi connectivity index (χ3v) is 1.91. The van der Waals surface area contributed by atoms with E-state index in [9.17, 15) is 0 Å². The molecule has 0 fully saturated rings. The Bertz CT molecular complexity index is 284. The van der Waals surface area contributed by atoms with Gasteiger partial charge in [-0.25, -0.2) is 0 Å². The molecule has 0 aromatic heterocycles. The van der Waals surface area contributed by atoms with Crippen molar-refractivity contribution in [3.05, 3.63) is 40.9 Å². The van der Waals surface area contributed by atoms with Gasteiger partial charge >= 0.3 is 0 Å². The average molecular weight is 243 g/mol. The van der Waals surface area contributed by atoms with Crippen LogP contribution in [0.4, 0.5) is 0 Å². The van der Waals surface area contributed by atoms with Gasteiger partial charge in [0.15, 0.2) is 0 Å². The van der Waals surface area contributed by atoms with Crippen molar-refractivity contribution in [3.8, 4) is 5.75 Å². The molecule has 0 unspecified atom stereocenters. The minimum absolute atomic E-state index is 0.0574. The average Bonchev–Trinajstić information content (AvgIpc) is 2.13. The van der Waals surface area contributed by atoms with Crippen LogP contribution >= 0.6 is 15.9 Å². The number of aliphatic hydroxyl groups is 1. The fourth-order valence-electron chi connectivity index (χ4n) is 0.844. The molecule has 1 aromatic carbocycles. The molecular weight excluding hydrogens is 232 g/mol. The highest BCUT2D eigenvalue weighted by molar-refractivity contribution is 9.10. The standard InChI is InChI=1S/C10H11BrO2/c11-9-4-3-5-10(8-9)13-7-2-1-6-12/h1-5,8,12H,6-7H2/b2-1+. The summed E-state index contributed by atoms with van der Waals surface area (Å²) in [6, 6.07) is 7.63. The van der Waals surface area contributed by atoms with Crippen LogP contribution in [0.1, 0.15) is 0 Å². The molecule has 0 atom stereocenters. The van der Waals surface area contributed by atoms with Gasteiger partial charge in [-0.1, -0.05) is 28.1 Å². The summed E-state index contributed by atoms with van der Waals surface area (Å²) in [6.07, 6.45) is 3.43. The van der Waals surface area contributed by atoms with E-state index in [0.717, 1.165) is 10.2 Å². The van der Waals surface area contributed by atoms with Crippen molar-refractivity contribution >= 4 is 15.9 Å². The highest BCUT2D eigenvalue weighted by Gasteiger charge is 1.91. The van der Waals surface area contributed by atoms with E-state index >= 15 is 0 Å². The summed E-state index contributed by atoms with van der Waals surface area (Å²) in [4.78, 5) is 0. The first-order valence-electron chi connectivity index (χ1n) is 3.97. The van der Waals surface area contributed by atoms with Crippen molar-refractivity contribution in [1.29, 1.82) is 0 Å². The normalized spacial score (nSPS) is 10.6. The van der Waals surface area contributed by atoms with Crippen LogP contribution in [0, 0.1) is 0 Å². The van der Waals surface area contributed by atoms with E-state index in [0.29, 0.717) is 6.61 Å². The second-order valence-electron chi connectivity index (χ2n) is 2.42. The van der Waals surface area contributed by atoms with Gasteiger partial charge in [0.2, 0.25) is 0 Å². The number of benzene rings is 1. The quantitative estimate of drug-likeness (QED) is 0.822. The molecule has 1 N–H and O–H groups in total. The summed E-state index contributed by atoms with van der Waals surface area (Å²) >= 11 is 3.35. The molecule has 0 aliphatic carbocycles. The molecule has 3 heteroatoms. The highest BCUT2D eigenvalue weighted by atomic mass is 79.9. The van der Waals surface area contributed by atoms with Gasteiger partial charge in [0.25, 0.3) is 0 Å². The maximum absolute atomic E-state index is 8.46. The lowest BCUT2D eigenvalue weighted by molar-refractivity contribution is 0.336. The number of aliphatic hydroxyl groups excluding tert-OH is 1. The van der Waals surface area contributed by atoms with Crippen molar-refractivity contribution < 1.29 is 9.84 Å². The highest BCUT2D eigenvalue weighted by Crippen LogP contribution is 2.17. The largest absolute Gasteiger partial charge is 0.490 e. The minimum Gasteiger partial charge on any atom is -0.490 e. The lowest BCUT2D eigenvalue weighted by atomic mass is 10.3. The van der Waals surface area contributed by atoms with Gasteiger partial charge in [-0.15, -0.1) is 0 Å². The van der Waals surface area contributed by atoms with E-state index in [1.54, 1.807) is 12.2 Å². The summed E-state index contributed by atoms with van der Waals surface area (Å²) < 4.78 is 6.36. The van der Waals surface area contributed by atoms with Crippen molar-refractivity contribution in [2.75, 3.05) is 13.2 Å². The fourth-order valence-corrected chi connectivity index (χ4v) is 1.22. The first-order chi connectivity index (χ1) is 6.33. The van der Waals surface area contributed by atoms with Crippen LogP contribution < -0.4 is 4.74 Å². The van der Waals surface area contributed by atoms with Gasteiger partial charge in [-0.2, -0.15) is 0 Å². The predicted octanol–water partition coefficient (Wildman–Crippen LogP) is 2.38. The van der Waals surface area contributed by atoms with Gasteiger partial charge in [0.05, 0.1) is 6.61 Å². The van der Waals surface area contributed by atoms with Crippen molar-refractivity contribution in [2.45, 2.75) is 0 Å². The molecule has 0 radical (unpaired) electrons. The monoisotopic (exact) mass is 242 g/mol. The van der Waals surface area contributed by atoms with Gasteiger partial charge in [-0.05, 0) is 24.3 Å². The lowest BCUT2D eigenvalue weighted by Gasteiger charge is -2.02. The van der Waals surface area contributed by atoms with E-state index in [1.807, 2.05) is 24.3 Å². The molecule has 0 aliphatic heterocycles. The molecule has 0 saturated heterocycles. The summed E-state index contributed by atoms with van der Waals surface area (Å²) in [5.41, 5.74) is 0. The van der Waals surface area contributed by atoms with Crippen LogP contribution in [0.5, 0.6) is 5.75 Å². The molecule has 0 amide bonds. The van der Waals surface area contributed by atoms with Crippen molar-refractivity contribution in [1.82, 2.24) is 0 Å². The second kappa shape index (κ2) is 5.78. The van der Waals surface area contributed by atoms with Crippen LogP contribution in [0.2, 0.25) is 0 Å². The molecule has 0 bridgehead atoms. The second-order valence-corrected chi connectivity index (χ2v) is 3.34. The Balaban J connectivity index is 2.41. The van der Waals surface area contributed by atoms with E-state index in [-0.39, 0.29) is 6.61 Å². The minimum atomic E-state index is 0.0574. The molecular formula is C10H11BrO2. The Morgan fingerprint density at radius 1 is 1.38 bits per heavy atom. The number of halogens is 1. The third-order valence-electron chi connectivity index (χ3n) is 1.41. The smallest absolute Gasteiger partial charge is 0.120 e. The first-order valence-corrected chi connectivity index (χ1v) is 4.76. The van der Waals surface area contributed by atoms with Crippen LogP contribution in [-0.4, -0.2) is 18.3 Å². The van der Waals surface area contributed by atoms with Crippen LogP contribution in [0.25, 0.3) is 0 Å². The van der Waals surface area contributed by atoms with Gasteiger partial charge < -0.3 is 9.84 Å². The third kappa shape index (κ3) is 4.10. The summed E-state index contributed by atoms with van der Waals surface area (Å²) in [7, 11) is 0. The maximum Gasteiger partial charge on any atom is 0.120 e. The zero-order chi connectivity index (χ0) is 9.52. The number of hydrogen-bond acceptors (Lipinski definition) is 2. The lowest BCUT2D eigenvalue weighted by Crippen LogP contribution is -1.93. The Hall–Kier alpha value is -0.800. The van der Waals surface area contributed by atoms with Crippen molar-refractivity contribution in [3.63, 3.8) is 0 Å². The van der Waals surface area contributed by atoms with Crippen LogP contribution in [0.3, 0.4) is 0 Å².